The highest BCUT2D eigenvalue weighted by Crippen LogP contribution is 2.18. The Morgan fingerprint density at radius 2 is 2.05 bits per heavy atom. The van der Waals surface area contributed by atoms with Gasteiger partial charge in [-0.2, -0.15) is 0 Å². The number of amides is 1. The Hall–Kier alpha value is -2.22. The molecule has 0 saturated carbocycles. The molecule has 0 radical (unpaired) electrons. The van der Waals surface area contributed by atoms with Gasteiger partial charge in [0.25, 0.3) is 5.91 Å². The Kier molecular flexibility index (Phi) is 3.69. The summed E-state index contributed by atoms with van der Waals surface area (Å²) in [5.74, 6) is -0.169. The van der Waals surface area contributed by atoms with Crippen LogP contribution in [0.4, 0.5) is 0 Å². The number of benzene rings is 1. The fraction of sp³-hybridized carbons (Fsp3) is 0.357. The van der Waals surface area contributed by atoms with Crippen molar-refractivity contribution >= 4 is 15.7 Å². The maximum atomic E-state index is 12.4. The SMILES string of the molecule is CN(C(=O)c1cn(-c2ccccc2)nn1)[C@H]1CCS(=O)(=O)C1. The van der Waals surface area contributed by atoms with Crippen molar-refractivity contribution < 1.29 is 13.2 Å². The molecule has 1 aliphatic rings. The fourth-order valence-corrected chi connectivity index (χ4v) is 4.27. The van der Waals surface area contributed by atoms with Crippen LogP contribution < -0.4 is 0 Å². The van der Waals surface area contributed by atoms with Crippen LogP contribution >= 0.6 is 0 Å². The number of aromatic nitrogens is 3. The molecule has 116 valence electrons. The highest BCUT2D eigenvalue weighted by molar-refractivity contribution is 7.91. The molecule has 22 heavy (non-hydrogen) atoms. The summed E-state index contributed by atoms with van der Waals surface area (Å²) in [4.78, 5) is 13.9. The Morgan fingerprint density at radius 1 is 1.32 bits per heavy atom. The standard InChI is InChI=1S/C14H16N4O3S/c1-17(12-7-8-22(20,21)10-12)14(19)13-9-18(16-15-13)11-5-3-2-4-6-11/h2-6,9,12H,7-8,10H2,1H3/t12-/m0/s1. The highest BCUT2D eigenvalue weighted by Gasteiger charge is 2.33. The van der Waals surface area contributed by atoms with Gasteiger partial charge in [-0.3, -0.25) is 4.79 Å². The monoisotopic (exact) mass is 320 g/mol. The van der Waals surface area contributed by atoms with Gasteiger partial charge in [0.1, 0.15) is 0 Å². The average molecular weight is 320 g/mol. The van der Waals surface area contributed by atoms with Crippen LogP contribution in [0.1, 0.15) is 16.9 Å². The molecule has 0 unspecified atom stereocenters. The average Bonchev–Trinajstić information content (AvgIpc) is 3.13. The number of nitrogens with zero attached hydrogens (tertiary/aromatic N) is 4. The molecule has 1 amide bonds. The molecule has 1 fully saturated rings. The van der Waals surface area contributed by atoms with Gasteiger partial charge in [-0.1, -0.05) is 23.4 Å². The zero-order chi connectivity index (χ0) is 15.7. The van der Waals surface area contributed by atoms with Crippen LogP contribution in [-0.2, 0) is 9.84 Å². The number of para-hydroxylation sites is 1. The van der Waals surface area contributed by atoms with E-state index in [2.05, 4.69) is 10.3 Å². The number of sulfone groups is 1. The summed E-state index contributed by atoms with van der Waals surface area (Å²) in [5, 5.41) is 7.84. The van der Waals surface area contributed by atoms with E-state index in [1.807, 2.05) is 30.3 Å². The van der Waals surface area contributed by atoms with E-state index in [1.165, 1.54) is 9.58 Å². The Labute approximate surface area is 128 Å². The van der Waals surface area contributed by atoms with Crippen LogP contribution in [0.15, 0.2) is 36.5 Å². The van der Waals surface area contributed by atoms with E-state index in [0.29, 0.717) is 6.42 Å². The summed E-state index contributed by atoms with van der Waals surface area (Å²) < 4.78 is 24.6. The summed E-state index contributed by atoms with van der Waals surface area (Å²) in [6.07, 6.45) is 2.02. The Bertz CT molecular complexity index is 785. The van der Waals surface area contributed by atoms with E-state index in [4.69, 9.17) is 0 Å². The summed E-state index contributed by atoms with van der Waals surface area (Å²) in [6, 6.07) is 9.05. The molecule has 1 aromatic carbocycles. The van der Waals surface area contributed by atoms with Gasteiger partial charge in [-0.05, 0) is 18.6 Å². The van der Waals surface area contributed by atoms with Gasteiger partial charge in [-0.25, -0.2) is 13.1 Å². The summed E-state index contributed by atoms with van der Waals surface area (Å²) in [5.41, 5.74) is 1.01. The molecule has 2 heterocycles. The van der Waals surface area contributed by atoms with Crippen molar-refractivity contribution in [1.82, 2.24) is 19.9 Å². The lowest BCUT2D eigenvalue weighted by atomic mass is 10.2. The molecule has 1 saturated heterocycles. The van der Waals surface area contributed by atoms with Crippen LogP contribution in [0.5, 0.6) is 0 Å². The lowest BCUT2D eigenvalue weighted by Gasteiger charge is -2.21. The lowest BCUT2D eigenvalue weighted by molar-refractivity contribution is 0.0741. The first kappa shape index (κ1) is 14.7. The van der Waals surface area contributed by atoms with E-state index in [-0.39, 0.29) is 29.1 Å². The number of carbonyl (C=O) groups excluding carboxylic acids is 1. The fourth-order valence-electron chi connectivity index (χ4n) is 2.50. The summed E-state index contributed by atoms with van der Waals surface area (Å²) in [7, 11) is -1.42. The number of rotatable bonds is 3. The quantitative estimate of drug-likeness (QED) is 0.823. The molecule has 7 nitrogen and oxygen atoms in total. The minimum atomic E-state index is -3.03. The normalized spacial score (nSPS) is 20.0. The molecule has 8 heteroatoms. The van der Waals surface area contributed by atoms with E-state index in [9.17, 15) is 13.2 Å². The summed E-state index contributed by atoms with van der Waals surface area (Å²) >= 11 is 0. The van der Waals surface area contributed by atoms with Crippen molar-refractivity contribution in [3.8, 4) is 5.69 Å². The third kappa shape index (κ3) is 2.87. The van der Waals surface area contributed by atoms with E-state index in [1.54, 1.807) is 13.2 Å². The van der Waals surface area contributed by atoms with Gasteiger partial charge in [-0.15, -0.1) is 5.10 Å². The van der Waals surface area contributed by atoms with Gasteiger partial charge in [0.15, 0.2) is 15.5 Å². The zero-order valence-corrected chi connectivity index (χ0v) is 12.9. The van der Waals surface area contributed by atoms with Crippen LogP contribution in [0.2, 0.25) is 0 Å². The predicted octanol–water partition coefficient (Wildman–Crippen LogP) is 0.526. The first-order valence-electron chi connectivity index (χ1n) is 6.92. The van der Waals surface area contributed by atoms with Crippen molar-refractivity contribution in [3.05, 3.63) is 42.2 Å². The maximum Gasteiger partial charge on any atom is 0.276 e. The molecular formula is C14H16N4O3S. The maximum absolute atomic E-state index is 12.4. The summed E-state index contributed by atoms with van der Waals surface area (Å²) in [6.45, 7) is 0. The van der Waals surface area contributed by atoms with Crippen molar-refractivity contribution in [2.24, 2.45) is 0 Å². The molecule has 0 spiro atoms. The van der Waals surface area contributed by atoms with Gasteiger partial charge in [0.2, 0.25) is 0 Å². The van der Waals surface area contributed by atoms with E-state index < -0.39 is 9.84 Å². The van der Waals surface area contributed by atoms with E-state index >= 15 is 0 Å². The highest BCUT2D eigenvalue weighted by atomic mass is 32.2. The second-order valence-electron chi connectivity index (χ2n) is 5.36. The van der Waals surface area contributed by atoms with Crippen molar-refractivity contribution in [2.45, 2.75) is 12.5 Å². The lowest BCUT2D eigenvalue weighted by Crippen LogP contribution is -2.38. The van der Waals surface area contributed by atoms with Crippen LogP contribution in [-0.4, -0.2) is 58.8 Å². The second kappa shape index (κ2) is 5.53. The molecule has 1 aromatic heterocycles. The Morgan fingerprint density at radius 3 is 2.68 bits per heavy atom. The first-order valence-corrected chi connectivity index (χ1v) is 8.74. The van der Waals surface area contributed by atoms with Gasteiger partial charge in [0, 0.05) is 13.1 Å². The number of hydrogen-bond acceptors (Lipinski definition) is 5. The first-order chi connectivity index (χ1) is 10.5. The van der Waals surface area contributed by atoms with Crippen LogP contribution in [0.3, 0.4) is 0 Å². The second-order valence-corrected chi connectivity index (χ2v) is 7.59. The molecular weight excluding hydrogens is 304 g/mol. The molecule has 0 aliphatic carbocycles. The van der Waals surface area contributed by atoms with E-state index in [0.717, 1.165) is 5.69 Å². The minimum absolute atomic E-state index is 0.0159. The molecule has 1 atom stereocenters. The topological polar surface area (TPSA) is 85.2 Å². The third-order valence-corrected chi connectivity index (χ3v) is 5.56. The molecule has 1 aliphatic heterocycles. The molecule has 0 N–H and O–H groups in total. The van der Waals surface area contributed by atoms with Crippen molar-refractivity contribution in [1.29, 1.82) is 0 Å². The number of carbonyl (C=O) groups is 1. The predicted molar refractivity (Wildman–Crippen MR) is 80.5 cm³/mol. The molecule has 2 aromatic rings. The van der Waals surface area contributed by atoms with Crippen LogP contribution in [0.25, 0.3) is 5.69 Å². The smallest absolute Gasteiger partial charge is 0.276 e. The van der Waals surface area contributed by atoms with Crippen molar-refractivity contribution in [2.75, 3.05) is 18.6 Å². The van der Waals surface area contributed by atoms with Gasteiger partial charge >= 0.3 is 0 Å². The van der Waals surface area contributed by atoms with Gasteiger partial charge < -0.3 is 4.90 Å². The van der Waals surface area contributed by atoms with Gasteiger partial charge in [0.05, 0.1) is 23.4 Å². The molecule has 0 bridgehead atoms. The van der Waals surface area contributed by atoms with Crippen LogP contribution in [0, 0.1) is 0 Å². The number of hydrogen-bond donors (Lipinski definition) is 0. The zero-order valence-electron chi connectivity index (χ0n) is 12.1. The third-order valence-electron chi connectivity index (χ3n) is 3.81. The largest absolute Gasteiger partial charge is 0.336 e. The molecule has 3 rings (SSSR count). The minimum Gasteiger partial charge on any atom is -0.336 e. The van der Waals surface area contributed by atoms with Crippen molar-refractivity contribution in [3.63, 3.8) is 0 Å². The Balaban J connectivity index is 1.77.